The van der Waals surface area contributed by atoms with Crippen LogP contribution in [0, 0.1) is 0 Å². The van der Waals surface area contributed by atoms with Crippen LogP contribution in [0.2, 0.25) is 0 Å². The topological polar surface area (TPSA) is 9.72 Å². The smallest absolute Gasteiger partial charge is 0.252 e. The van der Waals surface area contributed by atoms with E-state index in [2.05, 4.69) is 245 Å². The summed E-state index contributed by atoms with van der Waals surface area (Å²) in [6.45, 7) is 0.0511. The number of nitrogens with zero attached hydrogens (tertiary/aromatic N) is 3. The molecule has 4 heteroatoms. The summed E-state index contributed by atoms with van der Waals surface area (Å²) < 4.78 is 0. The van der Waals surface area contributed by atoms with Crippen LogP contribution >= 0.6 is 0 Å². The Balaban J connectivity index is 1.19. The minimum Gasteiger partial charge on any atom is -0.311 e. The zero-order valence-corrected chi connectivity index (χ0v) is 31.9. The van der Waals surface area contributed by atoms with E-state index in [1.165, 1.54) is 61.4 Å². The third-order valence-electron chi connectivity index (χ3n) is 11.6. The largest absolute Gasteiger partial charge is 0.311 e. The average Bonchev–Trinajstić information content (AvgIpc) is 3.30. The van der Waals surface area contributed by atoms with Crippen molar-refractivity contribution in [2.45, 2.75) is 0 Å². The van der Waals surface area contributed by atoms with Gasteiger partial charge < -0.3 is 14.7 Å². The maximum atomic E-state index is 2.47. The second kappa shape index (κ2) is 14.2. The van der Waals surface area contributed by atoms with Gasteiger partial charge in [-0.25, -0.2) is 0 Å². The maximum absolute atomic E-state index is 2.47. The van der Waals surface area contributed by atoms with Crippen molar-refractivity contribution in [3.63, 3.8) is 0 Å². The average molecular weight is 740 g/mol. The van der Waals surface area contributed by atoms with E-state index in [4.69, 9.17) is 0 Å². The minimum atomic E-state index is 0.0511. The lowest BCUT2D eigenvalue weighted by molar-refractivity contribution is 1.23. The lowest BCUT2D eigenvalue weighted by atomic mass is 9.33. The van der Waals surface area contributed by atoms with Gasteiger partial charge in [0.15, 0.2) is 0 Å². The summed E-state index contributed by atoms with van der Waals surface area (Å²) in [4.78, 5) is 7.36. The van der Waals surface area contributed by atoms with E-state index in [0.717, 1.165) is 28.4 Å². The molecule has 272 valence electrons. The molecule has 9 aromatic rings. The predicted molar refractivity (Wildman–Crippen MR) is 246 cm³/mol. The molecule has 0 saturated carbocycles. The van der Waals surface area contributed by atoms with E-state index in [1.807, 2.05) is 0 Å². The Kier molecular flexibility index (Phi) is 8.26. The van der Waals surface area contributed by atoms with Crippen molar-refractivity contribution in [1.82, 2.24) is 0 Å². The molecule has 0 N–H and O–H groups in total. The molecule has 0 spiro atoms. The summed E-state index contributed by atoms with van der Waals surface area (Å²) in [7, 11) is 0. The van der Waals surface area contributed by atoms with Gasteiger partial charge in [-0.15, -0.1) is 0 Å². The lowest BCUT2D eigenvalue weighted by Crippen LogP contribution is -2.61. The van der Waals surface area contributed by atoms with Gasteiger partial charge >= 0.3 is 0 Å². The van der Waals surface area contributed by atoms with Crippen molar-refractivity contribution >= 4 is 74.3 Å². The molecular weight excluding hydrogens is 701 g/mol. The highest BCUT2D eigenvalue weighted by atomic mass is 15.2. The SMILES string of the molecule is c1ccc(-c2ccc(N(c3ccc(-c4ccccc4)cc3)c3cc4c5c(c3)N(c3ccccc3)c3ccccc3B5c3ccccc3N4c3ccccc3)cc2)cc1. The Bertz CT molecular complexity index is 2690. The first-order chi connectivity index (χ1) is 28.8. The number of para-hydroxylation sites is 4. The summed E-state index contributed by atoms with van der Waals surface area (Å²) in [6.07, 6.45) is 0. The van der Waals surface area contributed by atoms with Crippen LogP contribution in [-0.2, 0) is 0 Å². The Morgan fingerprint density at radius 1 is 0.293 bits per heavy atom. The van der Waals surface area contributed by atoms with Crippen molar-refractivity contribution in [2.75, 3.05) is 14.7 Å². The number of rotatable bonds is 7. The fourth-order valence-corrected chi connectivity index (χ4v) is 9.04. The van der Waals surface area contributed by atoms with Gasteiger partial charge in [-0.05, 0) is 111 Å². The normalized spacial score (nSPS) is 12.4. The molecule has 0 aromatic heterocycles. The highest BCUT2D eigenvalue weighted by Crippen LogP contribution is 2.48. The van der Waals surface area contributed by atoms with Crippen LogP contribution in [0.1, 0.15) is 0 Å². The second-order valence-electron chi connectivity index (χ2n) is 15.0. The molecule has 0 bridgehead atoms. The number of hydrogen-bond acceptors (Lipinski definition) is 3. The number of hydrogen-bond donors (Lipinski definition) is 0. The predicted octanol–water partition coefficient (Wildman–Crippen LogP) is 12.6. The molecule has 0 saturated heterocycles. The molecule has 0 atom stereocenters. The van der Waals surface area contributed by atoms with Gasteiger partial charge in [0.2, 0.25) is 0 Å². The first-order valence-electron chi connectivity index (χ1n) is 20.0. The van der Waals surface area contributed by atoms with E-state index in [9.17, 15) is 0 Å². The standard InChI is InChI=1S/C54H38BN3/c1-5-17-39(18-6-1)41-29-33-45(34-30-41)56(46-35-31-42(32-36-46)40-19-7-2-8-20-40)47-37-52-54-53(38-47)58(44-23-11-4-12-24-44)51-28-16-14-26-49(51)55(54)48-25-13-15-27-50(48)57(52)43-21-9-3-10-22-43/h1-38H. The first-order valence-corrected chi connectivity index (χ1v) is 20.0. The van der Waals surface area contributed by atoms with Gasteiger partial charge in [-0.1, -0.05) is 158 Å². The summed E-state index contributed by atoms with van der Waals surface area (Å²) >= 11 is 0. The molecule has 9 aromatic carbocycles. The molecule has 0 aliphatic carbocycles. The van der Waals surface area contributed by atoms with Crippen molar-refractivity contribution in [3.8, 4) is 22.3 Å². The molecule has 2 aliphatic heterocycles. The van der Waals surface area contributed by atoms with E-state index in [1.54, 1.807) is 0 Å². The van der Waals surface area contributed by atoms with Crippen LogP contribution in [0.3, 0.4) is 0 Å². The Morgan fingerprint density at radius 2 is 0.638 bits per heavy atom. The maximum Gasteiger partial charge on any atom is 0.252 e. The third-order valence-corrected chi connectivity index (χ3v) is 11.6. The number of benzene rings is 9. The lowest BCUT2D eigenvalue weighted by Gasteiger charge is -2.45. The molecule has 2 aliphatic rings. The summed E-state index contributed by atoms with van der Waals surface area (Å²) in [6, 6.07) is 83.7. The zero-order valence-electron chi connectivity index (χ0n) is 31.9. The Morgan fingerprint density at radius 3 is 1.05 bits per heavy atom. The van der Waals surface area contributed by atoms with Crippen LogP contribution in [0.5, 0.6) is 0 Å². The fraction of sp³-hybridized carbons (Fsp3) is 0. The molecule has 2 heterocycles. The monoisotopic (exact) mass is 739 g/mol. The molecule has 11 rings (SSSR count). The summed E-state index contributed by atoms with van der Waals surface area (Å²) in [5.41, 5.74) is 18.9. The quantitative estimate of drug-likeness (QED) is 0.151. The summed E-state index contributed by atoms with van der Waals surface area (Å²) in [5.74, 6) is 0. The van der Waals surface area contributed by atoms with E-state index < -0.39 is 0 Å². The molecular formula is C54H38BN3. The molecule has 0 radical (unpaired) electrons. The zero-order chi connectivity index (χ0) is 38.4. The van der Waals surface area contributed by atoms with Crippen LogP contribution in [0.25, 0.3) is 22.3 Å². The van der Waals surface area contributed by atoms with Gasteiger partial charge in [0.25, 0.3) is 6.71 Å². The molecule has 58 heavy (non-hydrogen) atoms. The molecule has 0 fully saturated rings. The van der Waals surface area contributed by atoms with E-state index in [0.29, 0.717) is 0 Å². The van der Waals surface area contributed by atoms with Crippen molar-refractivity contribution in [3.05, 3.63) is 231 Å². The highest BCUT2D eigenvalue weighted by molar-refractivity contribution is 7.00. The van der Waals surface area contributed by atoms with Crippen molar-refractivity contribution in [1.29, 1.82) is 0 Å². The van der Waals surface area contributed by atoms with Crippen molar-refractivity contribution in [2.24, 2.45) is 0 Å². The highest BCUT2D eigenvalue weighted by Gasteiger charge is 2.43. The van der Waals surface area contributed by atoms with Crippen LogP contribution in [0.4, 0.5) is 51.2 Å². The third kappa shape index (κ3) is 5.69. The second-order valence-corrected chi connectivity index (χ2v) is 15.0. The number of anilines is 9. The van der Waals surface area contributed by atoms with Crippen molar-refractivity contribution < 1.29 is 0 Å². The molecule has 0 unspecified atom stereocenters. The van der Waals surface area contributed by atoms with Gasteiger partial charge in [0.05, 0.1) is 5.69 Å². The minimum absolute atomic E-state index is 0.0511. The Labute approximate surface area is 340 Å². The molecule has 3 nitrogen and oxygen atoms in total. The number of fused-ring (bicyclic) bond motifs is 4. The Hall–Kier alpha value is -7.56. The first kappa shape index (κ1) is 33.8. The van der Waals surface area contributed by atoms with Crippen LogP contribution in [0.15, 0.2) is 231 Å². The fourth-order valence-electron chi connectivity index (χ4n) is 9.04. The van der Waals surface area contributed by atoms with Crippen LogP contribution < -0.4 is 31.1 Å². The van der Waals surface area contributed by atoms with Gasteiger partial charge in [-0.3, -0.25) is 0 Å². The molecule has 0 amide bonds. The van der Waals surface area contributed by atoms with Crippen LogP contribution in [-0.4, -0.2) is 6.71 Å². The van der Waals surface area contributed by atoms with E-state index >= 15 is 0 Å². The van der Waals surface area contributed by atoms with Gasteiger partial charge in [0.1, 0.15) is 0 Å². The van der Waals surface area contributed by atoms with Gasteiger partial charge in [-0.2, -0.15) is 0 Å². The van der Waals surface area contributed by atoms with E-state index in [-0.39, 0.29) is 6.71 Å². The summed E-state index contributed by atoms with van der Waals surface area (Å²) in [5, 5.41) is 0. The van der Waals surface area contributed by atoms with Gasteiger partial charge in [0, 0.05) is 45.5 Å².